The highest BCUT2D eigenvalue weighted by Crippen LogP contribution is 2.34. The van der Waals surface area contributed by atoms with Gasteiger partial charge in [0.15, 0.2) is 0 Å². The van der Waals surface area contributed by atoms with Gasteiger partial charge >= 0.3 is 5.97 Å². The fourth-order valence-corrected chi connectivity index (χ4v) is 2.49. The van der Waals surface area contributed by atoms with Crippen molar-refractivity contribution in [3.8, 4) is 11.1 Å². The summed E-state index contributed by atoms with van der Waals surface area (Å²) in [7, 11) is 0. The van der Waals surface area contributed by atoms with Crippen molar-refractivity contribution in [2.24, 2.45) is 0 Å². The molecule has 0 bridgehead atoms. The number of aromatic nitrogens is 1. The van der Waals surface area contributed by atoms with Crippen LogP contribution in [0, 0.1) is 12.7 Å². The van der Waals surface area contributed by atoms with Crippen LogP contribution in [0.1, 0.15) is 16.1 Å². The van der Waals surface area contributed by atoms with Crippen LogP contribution in [-0.4, -0.2) is 16.1 Å². The van der Waals surface area contributed by atoms with Crippen molar-refractivity contribution in [3.63, 3.8) is 0 Å². The molecule has 3 aromatic rings. The molecule has 0 atom stereocenters. The maximum Gasteiger partial charge on any atom is 0.352 e. The lowest BCUT2D eigenvalue weighted by molar-refractivity contribution is 0.0692. The Hall–Kier alpha value is -2.62. The first kappa shape index (κ1) is 12.4. The average molecular weight is 269 g/mol. The Bertz CT molecular complexity index is 803. The number of carbonyl (C=O) groups is 1. The highest BCUT2D eigenvalue weighted by Gasteiger charge is 2.19. The second kappa shape index (κ2) is 4.49. The number of H-pyrrole nitrogens is 1. The van der Waals surface area contributed by atoms with Gasteiger partial charge in [-0.1, -0.05) is 24.3 Å². The predicted octanol–water partition coefficient (Wildman–Crippen LogP) is 3.98. The maximum absolute atomic E-state index is 13.1. The van der Waals surface area contributed by atoms with Crippen LogP contribution >= 0.6 is 0 Å². The Kier molecular flexibility index (Phi) is 2.79. The number of aryl methyl sites for hydroxylation is 1. The van der Waals surface area contributed by atoms with E-state index in [0.29, 0.717) is 11.1 Å². The summed E-state index contributed by atoms with van der Waals surface area (Å²) in [5.41, 5.74) is 3.16. The summed E-state index contributed by atoms with van der Waals surface area (Å²) in [4.78, 5) is 14.4. The number of carboxylic acid groups (broad SMARTS) is 1. The summed E-state index contributed by atoms with van der Waals surface area (Å²) >= 11 is 0. The van der Waals surface area contributed by atoms with Gasteiger partial charge in [-0.3, -0.25) is 0 Å². The fourth-order valence-electron chi connectivity index (χ4n) is 2.49. The number of carboxylic acids is 1. The van der Waals surface area contributed by atoms with Gasteiger partial charge in [0.05, 0.1) is 0 Å². The van der Waals surface area contributed by atoms with Crippen molar-refractivity contribution in [3.05, 3.63) is 59.5 Å². The highest BCUT2D eigenvalue weighted by atomic mass is 19.1. The molecule has 2 N–H and O–H groups in total. The third-order valence-corrected chi connectivity index (χ3v) is 3.38. The molecule has 2 aromatic carbocycles. The zero-order valence-corrected chi connectivity index (χ0v) is 10.8. The van der Waals surface area contributed by atoms with Crippen LogP contribution < -0.4 is 0 Å². The molecule has 4 heteroatoms. The molecule has 0 aliphatic carbocycles. The van der Waals surface area contributed by atoms with Gasteiger partial charge in [0.2, 0.25) is 0 Å². The van der Waals surface area contributed by atoms with Gasteiger partial charge in [0.25, 0.3) is 0 Å². The lowest BCUT2D eigenvalue weighted by atomic mass is 9.99. The van der Waals surface area contributed by atoms with Crippen LogP contribution in [-0.2, 0) is 0 Å². The quantitative estimate of drug-likeness (QED) is 0.739. The smallest absolute Gasteiger partial charge is 0.352 e. The summed E-state index contributed by atoms with van der Waals surface area (Å²) in [5.74, 6) is -1.37. The SMILES string of the molecule is Cc1cccc2[nH]c(C(=O)O)c(-c3ccc(F)cc3)c12. The van der Waals surface area contributed by atoms with E-state index in [1.54, 1.807) is 12.1 Å². The van der Waals surface area contributed by atoms with Crippen molar-refractivity contribution in [2.45, 2.75) is 6.92 Å². The van der Waals surface area contributed by atoms with Gasteiger partial charge in [0, 0.05) is 16.5 Å². The van der Waals surface area contributed by atoms with Crippen molar-refractivity contribution in [2.75, 3.05) is 0 Å². The number of benzene rings is 2. The summed E-state index contributed by atoms with van der Waals surface area (Å²) < 4.78 is 13.1. The number of halogens is 1. The van der Waals surface area contributed by atoms with Crippen LogP contribution in [0.3, 0.4) is 0 Å². The number of nitrogens with one attached hydrogen (secondary N) is 1. The van der Waals surface area contributed by atoms with E-state index >= 15 is 0 Å². The molecule has 100 valence electrons. The van der Waals surface area contributed by atoms with E-state index in [0.717, 1.165) is 16.5 Å². The van der Waals surface area contributed by atoms with E-state index < -0.39 is 5.97 Å². The highest BCUT2D eigenvalue weighted by molar-refractivity contribution is 6.08. The van der Waals surface area contributed by atoms with E-state index in [-0.39, 0.29) is 11.5 Å². The Morgan fingerprint density at radius 3 is 2.50 bits per heavy atom. The van der Waals surface area contributed by atoms with Crippen LogP contribution in [0.5, 0.6) is 0 Å². The molecule has 0 saturated carbocycles. The molecular formula is C16H12FNO2. The minimum Gasteiger partial charge on any atom is -0.477 e. The van der Waals surface area contributed by atoms with E-state index in [1.807, 2.05) is 25.1 Å². The van der Waals surface area contributed by atoms with Crippen LogP contribution in [0.25, 0.3) is 22.0 Å². The predicted molar refractivity (Wildman–Crippen MR) is 75.4 cm³/mol. The molecule has 0 spiro atoms. The molecule has 0 radical (unpaired) electrons. The van der Waals surface area contributed by atoms with Gasteiger partial charge in [-0.05, 0) is 36.2 Å². The molecule has 1 aromatic heterocycles. The molecule has 3 rings (SSSR count). The van der Waals surface area contributed by atoms with Gasteiger partial charge in [0.1, 0.15) is 11.5 Å². The van der Waals surface area contributed by atoms with Crippen molar-refractivity contribution in [1.29, 1.82) is 0 Å². The third-order valence-electron chi connectivity index (χ3n) is 3.38. The normalized spacial score (nSPS) is 10.9. The number of fused-ring (bicyclic) bond motifs is 1. The molecule has 0 amide bonds. The lowest BCUT2D eigenvalue weighted by Gasteiger charge is -2.04. The zero-order valence-electron chi connectivity index (χ0n) is 10.8. The van der Waals surface area contributed by atoms with Gasteiger partial charge < -0.3 is 10.1 Å². The molecule has 0 aliphatic rings. The van der Waals surface area contributed by atoms with E-state index in [1.165, 1.54) is 12.1 Å². The topological polar surface area (TPSA) is 53.1 Å². The van der Waals surface area contributed by atoms with Gasteiger partial charge in [-0.2, -0.15) is 0 Å². The number of aromatic amines is 1. The standard InChI is InChI=1S/C16H12FNO2/c1-9-3-2-4-12-13(9)14(15(18-12)16(19)20)10-5-7-11(17)8-6-10/h2-8,18H,1H3,(H,19,20). The zero-order chi connectivity index (χ0) is 14.3. The second-order valence-corrected chi connectivity index (χ2v) is 4.68. The maximum atomic E-state index is 13.1. The van der Waals surface area contributed by atoms with Crippen molar-refractivity contribution >= 4 is 16.9 Å². The van der Waals surface area contributed by atoms with E-state index in [9.17, 15) is 14.3 Å². The largest absolute Gasteiger partial charge is 0.477 e. The molecule has 0 unspecified atom stereocenters. The summed E-state index contributed by atoms with van der Waals surface area (Å²) in [6.07, 6.45) is 0. The Balaban J connectivity index is 2.39. The fraction of sp³-hybridized carbons (Fsp3) is 0.0625. The first-order chi connectivity index (χ1) is 9.58. The Labute approximate surface area is 114 Å². The molecule has 0 saturated heterocycles. The molecule has 0 fully saturated rings. The van der Waals surface area contributed by atoms with E-state index in [4.69, 9.17) is 0 Å². The molecule has 20 heavy (non-hydrogen) atoms. The lowest BCUT2D eigenvalue weighted by Crippen LogP contribution is -1.98. The summed E-state index contributed by atoms with van der Waals surface area (Å²) in [5, 5.41) is 10.2. The third kappa shape index (κ3) is 1.86. The number of hydrogen-bond acceptors (Lipinski definition) is 1. The Morgan fingerprint density at radius 1 is 1.15 bits per heavy atom. The summed E-state index contributed by atoms with van der Waals surface area (Å²) in [6, 6.07) is 11.5. The first-order valence-electron chi connectivity index (χ1n) is 6.18. The van der Waals surface area contributed by atoms with Crippen molar-refractivity contribution < 1.29 is 14.3 Å². The molecule has 3 nitrogen and oxygen atoms in total. The Morgan fingerprint density at radius 2 is 1.85 bits per heavy atom. The minimum absolute atomic E-state index is 0.126. The van der Waals surface area contributed by atoms with E-state index in [2.05, 4.69) is 4.98 Å². The van der Waals surface area contributed by atoms with Crippen LogP contribution in [0.2, 0.25) is 0 Å². The number of aromatic carboxylic acids is 1. The monoisotopic (exact) mass is 269 g/mol. The minimum atomic E-state index is -1.03. The first-order valence-corrected chi connectivity index (χ1v) is 6.18. The second-order valence-electron chi connectivity index (χ2n) is 4.68. The number of hydrogen-bond donors (Lipinski definition) is 2. The van der Waals surface area contributed by atoms with Crippen LogP contribution in [0.15, 0.2) is 42.5 Å². The molecule has 1 heterocycles. The summed E-state index contributed by atoms with van der Waals surface area (Å²) in [6.45, 7) is 1.93. The van der Waals surface area contributed by atoms with Crippen LogP contribution in [0.4, 0.5) is 4.39 Å². The van der Waals surface area contributed by atoms with Crippen molar-refractivity contribution in [1.82, 2.24) is 4.98 Å². The van der Waals surface area contributed by atoms with Gasteiger partial charge in [-0.15, -0.1) is 0 Å². The van der Waals surface area contributed by atoms with Gasteiger partial charge in [-0.25, -0.2) is 9.18 Å². The number of rotatable bonds is 2. The molecular weight excluding hydrogens is 257 g/mol. The molecule has 0 aliphatic heterocycles. The average Bonchev–Trinajstić information content (AvgIpc) is 2.81.